The van der Waals surface area contributed by atoms with Crippen molar-refractivity contribution in [2.45, 2.75) is 13.2 Å². The number of halogens is 2. The summed E-state index contributed by atoms with van der Waals surface area (Å²) in [7, 11) is 1.87. The van der Waals surface area contributed by atoms with Gasteiger partial charge in [0.2, 0.25) is 0 Å². The summed E-state index contributed by atoms with van der Waals surface area (Å²) in [6.45, 7) is 0.397. The van der Waals surface area contributed by atoms with Gasteiger partial charge in [-0.1, -0.05) is 0 Å². The Morgan fingerprint density at radius 3 is 2.50 bits per heavy atom. The van der Waals surface area contributed by atoms with Crippen LogP contribution in [0.4, 0.5) is 0 Å². The molecule has 0 aliphatic carbocycles. The molecule has 0 aliphatic rings. The van der Waals surface area contributed by atoms with Crippen molar-refractivity contribution in [3.63, 3.8) is 0 Å². The Morgan fingerprint density at radius 2 is 2.00 bits per heavy atom. The van der Waals surface area contributed by atoms with Crippen LogP contribution in [0.5, 0.6) is 5.75 Å². The first kappa shape index (κ1) is 13.6. The molecule has 1 aromatic heterocycles. The Morgan fingerprint density at radius 1 is 1.33 bits per heavy atom. The quantitative estimate of drug-likeness (QED) is 0.893. The Balaban J connectivity index is 2.14. The SMILES string of the molecule is Cn1ccc(COc2c(Br)cc(CO)cc2Br)n1. The van der Waals surface area contributed by atoms with Gasteiger partial charge in [-0.3, -0.25) is 4.68 Å². The fourth-order valence-corrected chi connectivity index (χ4v) is 3.04. The maximum absolute atomic E-state index is 9.09. The van der Waals surface area contributed by atoms with E-state index >= 15 is 0 Å². The van der Waals surface area contributed by atoms with Gasteiger partial charge in [-0.25, -0.2) is 0 Å². The van der Waals surface area contributed by atoms with E-state index in [0.29, 0.717) is 12.4 Å². The second-order valence-corrected chi connectivity index (χ2v) is 5.52. The minimum Gasteiger partial charge on any atom is -0.485 e. The molecule has 0 amide bonds. The number of hydrogen-bond acceptors (Lipinski definition) is 3. The van der Waals surface area contributed by atoms with Crippen molar-refractivity contribution in [1.82, 2.24) is 9.78 Å². The highest BCUT2D eigenvalue weighted by Crippen LogP contribution is 2.35. The number of aliphatic hydroxyl groups is 1. The van der Waals surface area contributed by atoms with Crippen molar-refractivity contribution in [2.75, 3.05) is 0 Å². The van der Waals surface area contributed by atoms with Crippen LogP contribution in [0.3, 0.4) is 0 Å². The molecular weight excluding hydrogens is 364 g/mol. The molecule has 18 heavy (non-hydrogen) atoms. The van der Waals surface area contributed by atoms with E-state index in [1.54, 1.807) is 4.68 Å². The molecule has 2 rings (SSSR count). The number of benzene rings is 1. The summed E-state index contributed by atoms with van der Waals surface area (Å²) < 4.78 is 9.05. The van der Waals surface area contributed by atoms with Crippen LogP contribution in [0.2, 0.25) is 0 Å². The highest BCUT2D eigenvalue weighted by atomic mass is 79.9. The lowest BCUT2D eigenvalue weighted by Crippen LogP contribution is -1.99. The van der Waals surface area contributed by atoms with E-state index in [4.69, 9.17) is 9.84 Å². The fraction of sp³-hybridized carbons (Fsp3) is 0.250. The van der Waals surface area contributed by atoms with Gasteiger partial charge in [0.1, 0.15) is 12.4 Å². The molecule has 1 aromatic carbocycles. The van der Waals surface area contributed by atoms with Crippen molar-refractivity contribution in [3.05, 3.63) is 44.6 Å². The van der Waals surface area contributed by atoms with Crippen molar-refractivity contribution in [3.8, 4) is 5.75 Å². The predicted molar refractivity (Wildman–Crippen MR) is 75.3 cm³/mol. The van der Waals surface area contributed by atoms with Crippen LogP contribution in [-0.4, -0.2) is 14.9 Å². The molecule has 2 aromatic rings. The molecule has 0 bridgehead atoms. The molecule has 6 heteroatoms. The molecular formula is C12H12Br2N2O2. The third-order valence-corrected chi connectivity index (χ3v) is 3.55. The van der Waals surface area contributed by atoms with Gasteiger partial charge in [-0.05, 0) is 55.6 Å². The second kappa shape index (κ2) is 5.86. The van der Waals surface area contributed by atoms with Crippen molar-refractivity contribution in [1.29, 1.82) is 0 Å². The highest BCUT2D eigenvalue weighted by molar-refractivity contribution is 9.11. The third kappa shape index (κ3) is 3.13. The van der Waals surface area contributed by atoms with E-state index in [1.165, 1.54) is 0 Å². The summed E-state index contributed by atoms with van der Waals surface area (Å²) >= 11 is 6.85. The minimum absolute atomic E-state index is 0.00226. The van der Waals surface area contributed by atoms with Gasteiger partial charge in [0, 0.05) is 13.2 Å². The average molecular weight is 376 g/mol. The number of aromatic nitrogens is 2. The summed E-state index contributed by atoms with van der Waals surface area (Å²) in [5, 5.41) is 13.3. The summed E-state index contributed by atoms with van der Waals surface area (Å²) in [5.74, 6) is 0.706. The van der Waals surface area contributed by atoms with Crippen molar-refractivity contribution < 1.29 is 9.84 Å². The van der Waals surface area contributed by atoms with Gasteiger partial charge >= 0.3 is 0 Å². The first-order valence-corrected chi connectivity index (χ1v) is 6.89. The fourth-order valence-electron chi connectivity index (χ4n) is 1.53. The first-order chi connectivity index (χ1) is 8.60. The maximum atomic E-state index is 9.09. The molecule has 0 spiro atoms. The topological polar surface area (TPSA) is 47.3 Å². The Hall–Kier alpha value is -0.850. The number of aliphatic hydroxyl groups excluding tert-OH is 1. The zero-order chi connectivity index (χ0) is 13.1. The smallest absolute Gasteiger partial charge is 0.148 e. The van der Waals surface area contributed by atoms with E-state index in [1.807, 2.05) is 31.4 Å². The van der Waals surface area contributed by atoms with E-state index in [9.17, 15) is 0 Å². The maximum Gasteiger partial charge on any atom is 0.148 e. The van der Waals surface area contributed by atoms with Crippen LogP contribution >= 0.6 is 31.9 Å². The number of rotatable bonds is 4. The highest BCUT2D eigenvalue weighted by Gasteiger charge is 2.09. The zero-order valence-corrected chi connectivity index (χ0v) is 12.9. The lowest BCUT2D eigenvalue weighted by Gasteiger charge is -2.10. The van der Waals surface area contributed by atoms with Crippen LogP contribution in [0, 0.1) is 0 Å². The molecule has 0 aliphatic heterocycles. The molecule has 0 radical (unpaired) electrons. The number of hydrogen-bond donors (Lipinski definition) is 1. The summed E-state index contributed by atoms with van der Waals surface area (Å²) in [6.07, 6.45) is 1.87. The Kier molecular flexibility index (Phi) is 4.42. The standard InChI is InChI=1S/C12H12Br2N2O2/c1-16-3-2-9(15-16)7-18-12-10(13)4-8(6-17)5-11(12)14/h2-5,17H,6-7H2,1H3. The van der Waals surface area contributed by atoms with Gasteiger partial charge in [0.25, 0.3) is 0 Å². The molecule has 0 saturated heterocycles. The molecule has 96 valence electrons. The van der Waals surface area contributed by atoms with Gasteiger partial charge in [0.15, 0.2) is 0 Å². The molecule has 0 fully saturated rings. The molecule has 4 nitrogen and oxygen atoms in total. The lowest BCUT2D eigenvalue weighted by molar-refractivity contribution is 0.279. The first-order valence-electron chi connectivity index (χ1n) is 5.30. The largest absolute Gasteiger partial charge is 0.485 e. The lowest BCUT2D eigenvalue weighted by atomic mass is 10.2. The molecule has 1 N–H and O–H groups in total. The van der Waals surface area contributed by atoms with Crippen LogP contribution < -0.4 is 4.74 Å². The Bertz CT molecular complexity index is 532. The van der Waals surface area contributed by atoms with Gasteiger partial charge in [-0.15, -0.1) is 0 Å². The van der Waals surface area contributed by atoms with E-state index < -0.39 is 0 Å². The number of nitrogens with zero attached hydrogens (tertiary/aromatic N) is 2. The Labute approximate surface area is 122 Å². The summed E-state index contributed by atoms with van der Waals surface area (Å²) in [4.78, 5) is 0. The van der Waals surface area contributed by atoms with Crippen LogP contribution in [0.1, 0.15) is 11.3 Å². The number of aryl methyl sites for hydroxylation is 1. The summed E-state index contributed by atoms with van der Waals surface area (Å²) in [6, 6.07) is 5.57. The normalized spacial score (nSPS) is 10.7. The van der Waals surface area contributed by atoms with Crippen molar-refractivity contribution in [2.24, 2.45) is 7.05 Å². The van der Waals surface area contributed by atoms with E-state index in [2.05, 4.69) is 37.0 Å². The zero-order valence-electron chi connectivity index (χ0n) is 9.73. The van der Waals surface area contributed by atoms with Crippen molar-refractivity contribution >= 4 is 31.9 Å². The van der Waals surface area contributed by atoms with Crippen LogP contribution in [0.15, 0.2) is 33.3 Å². The minimum atomic E-state index is -0.00226. The van der Waals surface area contributed by atoms with E-state index in [-0.39, 0.29) is 6.61 Å². The molecule has 0 unspecified atom stereocenters. The average Bonchev–Trinajstić information content (AvgIpc) is 2.73. The van der Waals surface area contributed by atoms with E-state index in [0.717, 1.165) is 20.2 Å². The molecule has 0 saturated carbocycles. The molecule has 0 atom stereocenters. The monoisotopic (exact) mass is 374 g/mol. The summed E-state index contributed by atoms with van der Waals surface area (Å²) in [5.41, 5.74) is 1.68. The third-order valence-electron chi connectivity index (χ3n) is 2.37. The van der Waals surface area contributed by atoms with Gasteiger partial charge in [0.05, 0.1) is 21.2 Å². The van der Waals surface area contributed by atoms with Gasteiger partial charge < -0.3 is 9.84 Å². The number of ether oxygens (including phenoxy) is 1. The van der Waals surface area contributed by atoms with Crippen LogP contribution in [0.25, 0.3) is 0 Å². The van der Waals surface area contributed by atoms with Gasteiger partial charge in [-0.2, -0.15) is 5.10 Å². The van der Waals surface area contributed by atoms with Crippen LogP contribution in [-0.2, 0) is 20.3 Å². The predicted octanol–water partition coefficient (Wildman–Crippen LogP) is 3.02. The second-order valence-electron chi connectivity index (χ2n) is 3.82. The molecule has 1 heterocycles.